The number of nitrogens with zero attached hydrogens (tertiary/aromatic N) is 1. The number of carbonyl (C=O) groups is 2. The summed E-state index contributed by atoms with van der Waals surface area (Å²) in [4.78, 5) is 25.6. The predicted molar refractivity (Wildman–Crippen MR) is 85.6 cm³/mol. The molecule has 22 heavy (non-hydrogen) atoms. The van der Waals surface area contributed by atoms with Crippen LogP contribution in [0, 0.1) is 5.92 Å². The number of hydrogen-bond acceptors (Lipinski definition) is 3. The number of allylic oxidation sites excluding steroid dienone is 2. The summed E-state index contributed by atoms with van der Waals surface area (Å²) >= 11 is 5.83. The van der Waals surface area contributed by atoms with Crippen molar-refractivity contribution in [2.24, 2.45) is 5.92 Å². The molecule has 5 heteroatoms. The highest BCUT2D eigenvalue weighted by Crippen LogP contribution is 2.27. The van der Waals surface area contributed by atoms with Gasteiger partial charge in [0.05, 0.1) is 6.54 Å². The van der Waals surface area contributed by atoms with E-state index in [1.807, 2.05) is 0 Å². The first-order chi connectivity index (χ1) is 10.5. The van der Waals surface area contributed by atoms with E-state index in [2.05, 4.69) is 13.2 Å². The van der Waals surface area contributed by atoms with E-state index in [-0.39, 0.29) is 18.2 Å². The van der Waals surface area contributed by atoms with Gasteiger partial charge in [-0.05, 0) is 30.3 Å². The minimum atomic E-state index is -0.886. The summed E-state index contributed by atoms with van der Waals surface area (Å²) in [6.45, 7) is 7.48. The van der Waals surface area contributed by atoms with Crippen molar-refractivity contribution < 1.29 is 14.3 Å². The van der Waals surface area contributed by atoms with Gasteiger partial charge in [-0.25, -0.2) is 0 Å². The fourth-order valence-electron chi connectivity index (χ4n) is 2.28. The van der Waals surface area contributed by atoms with Crippen LogP contribution < -0.4 is 4.74 Å². The first-order valence-corrected chi connectivity index (χ1v) is 7.06. The molecular formula is C17H16ClNO3. The molecular weight excluding hydrogens is 302 g/mol. The summed E-state index contributed by atoms with van der Waals surface area (Å²) in [7, 11) is 1.59. The largest absolute Gasteiger partial charge is 0.457 e. The maximum absolute atomic E-state index is 12.1. The zero-order valence-corrected chi connectivity index (χ0v) is 13.0. The number of ketones is 1. The Morgan fingerprint density at radius 1 is 1.27 bits per heavy atom. The highest BCUT2D eigenvalue weighted by molar-refractivity contribution is 6.30. The maximum atomic E-state index is 12.1. The van der Waals surface area contributed by atoms with Gasteiger partial charge in [-0.3, -0.25) is 9.59 Å². The number of halogens is 1. The van der Waals surface area contributed by atoms with Gasteiger partial charge in [0.1, 0.15) is 17.4 Å². The van der Waals surface area contributed by atoms with Gasteiger partial charge in [-0.1, -0.05) is 30.8 Å². The van der Waals surface area contributed by atoms with E-state index in [1.54, 1.807) is 31.3 Å². The van der Waals surface area contributed by atoms with Gasteiger partial charge in [0.2, 0.25) is 5.91 Å². The van der Waals surface area contributed by atoms with Gasteiger partial charge in [0, 0.05) is 17.6 Å². The van der Waals surface area contributed by atoms with Crippen LogP contribution in [-0.2, 0) is 9.59 Å². The highest BCUT2D eigenvalue weighted by Gasteiger charge is 2.40. The molecule has 0 bridgehead atoms. The van der Waals surface area contributed by atoms with Crippen LogP contribution >= 0.6 is 11.6 Å². The first kappa shape index (κ1) is 16.0. The minimum absolute atomic E-state index is 0.0895. The van der Waals surface area contributed by atoms with E-state index >= 15 is 0 Å². The van der Waals surface area contributed by atoms with Gasteiger partial charge in [0.25, 0.3) is 0 Å². The number of likely N-dealkylation sites (tertiary alicyclic amines) is 1. The Labute approximate surface area is 134 Å². The Bertz CT molecular complexity index is 661. The molecule has 1 unspecified atom stereocenters. The lowest BCUT2D eigenvalue weighted by Gasteiger charge is -2.15. The number of likely N-dealkylation sites (N-methyl/N-ethyl adjacent to an activating group) is 1. The van der Waals surface area contributed by atoms with Crippen LogP contribution in [0.25, 0.3) is 0 Å². The zero-order chi connectivity index (χ0) is 16.3. The molecule has 1 fully saturated rings. The van der Waals surface area contributed by atoms with Crippen molar-refractivity contribution in [1.29, 1.82) is 0 Å². The van der Waals surface area contributed by atoms with Gasteiger partial charge in [-0.2, -0.15) is 0 Å². The summed E-state index contributed by atoms with van der Waals surface area (Å²) in [6, 6.07) is 6.75. The molecule has 1 heterocycles. The normalized spacial score (nSPS) is 19.0. The number of ether oxygens (including phenoxy) is 1. The average Bonchev–Trinajstić information content (AvgIpc) is 2.75. The van der Waals surface area contributed by atoms with E-state index in [0.717, 1.165) is 0 Å². The third kappa shape index (κ3) is 3.12. The second-order valence-electron chi connectivity index (χ2n) is 4.88. The van der Waals surface area contributed by atoms with Crippen molar-refractivity contribution in [3.05, 3.63) is 65.9 Å². The third-order valence-electron chi connectivity index (χ3n) is 3.38. The Morgan fingerprint density at radius 2 is 1.91 bits per heavy atom. The van der Waals surface area contributed by atoms with Crippen molar-refractivity contribution in [3.8, 4) is 5.75 Å². The third-order valence-corrected chi connectivity index (χ3v) is 3.63. The Balaban J connectivity index is 2.38. The molecule has 0 N–H and O–H groups in total. The van der Waals surface area contributed by atoms with E-state index in [9.17, 15) is 9.59 Å². The number of Topliss-reactive ketones (excluding diaryl/α,β-unsaturated/α-hetero) is 1. The summed E-state index contributed by atoms with van der Waals surface area (Å²) in [5.41, 5.74) is 0.421. The molecule has 1 aromatic carbocycles. The number of amides is 1. The number of benzene rings is 1. The summed E-state index contributed by atoms with van der Waals surface area (Å²) in [5, 5.41) is 0.586. The second kappa shape index (κ2) is 6.62. The zero-order valence-electron chi connectivity index (χ0n) is 12.2. The molecule has 1 aliphatic heterocycles. The van der Waals surface area contributed by atoms with Crippen molar-refractivity contribution in [1.82, 2.24) is 4.90 Å². The lowest BCUT2D eigenvalue weighted by molar-refractivity contribution is -0.130. The molecule has 0 spiro atoms. The molecule has 0 saturated carbocycles. The van der Waals surface area contributed by atoms with Gasteiger partial charge >= 0.3 is 0 Å². The molecule has 1 aromatic rings. The van der Waals surface area contributed by atoms with E-state index in [1.165, 1.54) is 17.1 Å². The van der Waals surface area contributed by atoms with Crippen LogP contribution in [-0.4, -0.2) is 30.2 Å². The number of carbonyl (C=O) groups excluding carboxylic acids is 2. The van der Waals surface area contributed by atoms with E-state index in [4.69, 9.17) is 16.3 Å². The van der Waals surface area contributed by atoms with Crippen LogP contribution in [0.4, 0.5) is 0 Å². The molecule has 1 saturated heterocycles. The molecule has 0 aliphatic carbocycles. The molecule has 114 valence electrons. The Hall–Kier alpha value is -2.33. The molecule has 1 amide bonds. The quantitative estimate of drug-likeness (QED) is 0.476. The smallest absolute Gasteiger partial charge is 0.238 e. The van der Waals surface area contributed by atoms with Crippen LogP contribution in [0.15, 0.2) is 60.9 Å². The molecule has 1 atom stereocenters. The summed E-state index contributed by atoms with van der Waals surface area (Å²) in [6.07, 6.45) is 2.93. The molecule has 0 radical (unpaired) electrons. The topological polar surface area (TPSA) is 46.6 Å². The first-order valence-electron chi connectivity index (χ1n) is 6.68. The monoisotopic (exact) mass is 317 g/mol. The number of hydrogen-bond donors (Lipinski definition) is 0. The number of rotatable bonds is 5. The van der Waals surface area contributed by atoms with Gasteiger partial charge < -0.3 is 9.64 Å². The lowest BCUT2D eigenvalue weighted by Crippen LogP contribution is -2.24. The van der Waals surface area contributed by atoms with Crippen LogP contribution in [0.5, 0.6) is 5.75 Å². The van der Waals surface area contributed by atoms with E-state index < -0.39 is 5.92 Å². The fourth-order valence-corrected chi connectivity index (χ4v) is 2.40. The fraction of sp³-hybridized carbons (Fsp3) is 0.176. The predicted octanol–water partition coefficient (Wildman–Crippen LogP) is 3.00. The summed E-state index contributed by atoms with van der Waals surface area (Å²) in [5.74, 6) is -0.465. The van der Waals surface area contributed by atoms with Crippen LogP contribution in [0.2, 0.25) is 5.02 Å². The standard InChI is InChI=1S/C17H16ClNO3/c1-4-13(16-14(20)10-19(3)17(16)21)15(5-2)22-12-8-6-11(18)7-9-12/h4-9,16H,1-2,10H2,3H3/b15-13-. The van der Waals surface area contributed by atoms with Gasteiger partial charge in [-0.15, -0.1) is 0 Å². The molecule has 2 rings (SSSR count). The van der Waals surface area contributed by atoms with Crippen molar-refractivity contribution in [2.45, 2.75) is 0 Å². The van der Waals surface area contributed by atoms with Crippen LogP contribution in [0.3, 0.4) is 0 Å². The molecule has 4 nitrogen and oxygen atoms in total. The SMILES string of the molecule is C=C/C(Oc1ccc(Cl)cc1)=C(\C=C)C1C(=O)CN(C)C1=O. The van der Waals surface area contributed by atoms with Crippen molar-refractivity contribution in [2.75, 3.05) is 13.6 Å². The van der Waals surface area contributed by atoms with Crippen LogP contribution in [0.1, 0.15) is 0 Å². The minimum Gasteiger partial charge on any atom is -0.457 e. The molecule has 0 aromatic heterocycles. The van der Waals surface area contributed by atoms with Gasteiger partial charge in [0.15, 0.2) is 5.78 Å². The van der Waals surface area contributed by atoms with E-state index in [0.29, 0.717) is 22.1 Å². The average molecular weight is 318 g/mol. The second-order valence-corrected chi connectivity index (χ2v) is 5.31. The Morgan fingerprint density at radius 3 is 2.36 bits per heavy atom. The summed E-state index contributed by atoms with van der Waals surface area (Å²) < 4.78 is 5.72. The van der Waals surface area contributed by atoms with Crippen molar-refractivity contribution in [3.63, 3.8) is 0 Å². The Kier molecular flexibility index (Phi) is 4.83. The molecule has 1 aliphatic rings. The maximum Gasteiger partial charge on any atom is 0.238 e. The van der Waals surface area contributed by atoms with Crippen molar-refractivity contribution >= 4 is 23.3 Å². The highest BCUT2D eigenvalue weighted by atomic mass is 35.5. The lowest BCUT2D eigenvalue weighted by atomic mass is 9.95.